The van der Waals surface area contributed by atoms with Gasteiger partial charge in [0, 0.05) is 25.2 Å². The Kier molecular flexibility index (Phi) is 5.69. The van der Waals surface area contributed by atoms with Crippen LogP contribution in [-0.4, -0.2) is 44.5 Å². The number of likely N-dealkylation sites (tertiary alicyclic amines) is 1. The van der Waals surface area contributed by atoms with Gasteiger partial charge in [0.15, 0.2) is 0 Å². The van der Waals surface area contributed by atoms with E-state index in [4.69, 9.17) is 4.74 Å². The Hall–Kier alpha value is -2.82. The third-order valence-corrected chi connectivity index (χ3v) is 5.92. The maximum Gasteiger partial charge on any atom is 0.433 e. The Morgan fingerprint density at radius 1 is 1.24 bits per heavy atom. The lowest BCUT2D eigenvalue weighted by molar-refractivity contribution is -0.141. The Morgan fingerprint density at radius 2 is 1.97 bits per heavy atom. The van der Waals surface area contributed by atoms with Crippen LogP contribution in [0.1, 0.15) is 23.6 Å². The monoisotopic (exact) mass is 429 g/mol. The zero-order valence-electron chi connectivity index (χ0n) is 15.3. The maximum absolute atomic E-state index is 12.6. The van der Waals surface area contributed by atoms with Crippen molar-refractivity contribution in [2.24, 2.45) is 0 Å². The molecule has 2 aromatic rings. The number of amides is 2. The quantitative estimate of drug-likeness (QED) is 0.807. The van der Waals surface area contributed by atoms with E-state index in [0.29, 0.717) is 31.0 Å². The molecule has 1 aromatic heterocycles. The van der Waals surface area contributed by atoms with E-state index in [-0.39, 0.29) is 12.5 Å². The molecule has 1 unspecified atom stereocenters. The van der Waals surface area contributed by atoms with E-state index >= 15 is 0 Å². The van der Waals surface area contributed by atoms with Crippen molar-refractivity contribution in [2.75, 3.05) is 20.2 Å². The van der Waals surface area contributed by atoms with Crippen molar-refractivity contribution in [3.8, 4) is 5.75 Å². The lowest BCUT2D eigenvalue weighted by atomic mass is 9.97. The number of aromatic nitrogens is 1. The number of hydrogen-bond acceptors (Lipinski definition) is 5. The van der Waals surface area contributed by atoms with E-state index in [9.17, 15) is 26.4 Å². The van der Waals surface area contributed by atoms with Crippen molar-refractivity contribution in [2.45, 2.75) is 23.4 Å². The molecule has 0 spiro atoms. The summed E-state index contributed by atoms with van der Waals surface area (Å²) >= 11 is 0. The first-order valence-electron chi connectivity index (χ1n) is 8.59. The third-order valence-electron chi connectivity index (χ3n) is 4.61. The second-order valence-electron chi connectivity index (χ2n) is 6.46. The molecule has 1 fully saturated rings. The van der Waals surface area contributed by atoms with E-state index in [1.54, 1.807) is 13.2 Å². The first kappa shape index (κ1) is 20.9. The average Bonchev–Trinajstić information content (AvgIpc) is 3.17. The van der Waals surface area contributed by atoms with Gasteiger partial charge < -0.3 is 9.64 Å². The van der Waals surface area contributed by atoms with Crippen molar-refractivity contribution in [1.29, 1.82) is 0 Å². The molecule has 1 aromatic carbocycles. The third kappa shape index (κ3) is 4.61. The number of nitrogens with one attached hydrogen (secondary N) is 1. The van der Waals surface area contributed by atoms with E-state index in [1.807, 2.05) is 22.9 Å². The maximum atomic E-state index is 12.6. The fourth-order valence-electron chi connectivity index (χ4n) is 3.15. The lowest BCUT2D eigenvalue weighted by Crippen LogP contribution is -2.41. The van der Waals surface area contributed by atoms with Gasteiger partial charge in [0.25, 0.3) is 10.0 Å². The molecule has 1 atom stereocenters. The number of halogens is 3. The Bertz CT molecular complexity index is 994. The summed E-state index contributed by atoms with van der Waals surface area (Å²) in [6.45, 7) is 0.613. The number of urea groups is 1. The molecule has 2 amide bonds. The highest BCUT2D eigenvalue weighted by Gasteiger charge is 2.34. The molecule has 1 aliphatic rings. The van der Waals surface area contributed by atoms with Gasteiger partial charge in [0.2, 0.25) is 0 Å². The zero-order valence-corrected chi connectivity index (χ0v) is 16.1. The van der Waals surface area contributed by atoms with Crippen molar-refractivity contribution in [3.63, 3.8) is 0 Å². The smallest absolute Gasteiger partial charge is 0.433 e. The summed E-state index contributed by atoms with van der Waals surface area (Å²) in [5.74, 6) is 0.663. The second kappa shape index (κ2) is 7.90. The predicted molar refractivity (Wildman–Crippen MR) is 96.9 cm³/mol. The van der Waals surface area contributed by atoms with Crippen molar-refractivity contribution >= 4 is 16.1 Å². The lowest BCUT2D eigenvalue weighted by Gasteiger charge is -2.18. The molecule has 0 saturated carbocycles. The van der Waals surface area contributed by atoms with E-state index in [2.05, 4.69) is 4.98 Å². The van der Waals surface area contributed by atoms with Crippen LogP contribution in [0.5, 0.6) is 5.75 Å². The summed E-state index contributed by atoms with van der Waals surface area (Å²) in [6.07, 6.45) is -3.50. The van der Waals surface area contributed by atoms with E-state index < -0.39 is 32.8 Å². The molecule has 29 heavy (non-hydrogen) atoms. The standard InChI is InChI=1S/C18H18F3N3O4S/c1-28-15-5-3-2-4-14(15)12-8-9-24(11-12)17(25)23-29(26,27)13-6-7-16(22-10-13)18(19,20)21/h2-7,10,12H,8-9,11H2,1H3,(H,23,25). The van der Waals surface area contributed by atoms with Crippen molar-refractivity contribution in [3.05, 3.63) is 53.9 Å². The fourth-order valence-corrected chi connectivity index (χ4v) is 4.06. The molecule has 1 aliphatic heterocycles. The van der Waals surface area contributed by atoms with Crippen LogP contribution in [-0.2, 0) is 16.2 Å². The number of methoxy groups -OCH3 is 1. The molecule has 11 heteroatoms. The molecule has 2 heterocycles. The normalized spacial score (nSPS) is 17.2. The largest absolute Gasteiger partial charge is 0.496 e. The minimum absolute atomic E-state index is 0.0210. The average molecular weight is 429 g/mol. The van der Waals surface area contributed by atoms with Crippen molar-refractivity contribution < 1.29 is 31.1 Å². The van der Waals surface area contributed by atoms with Crippen LogP contribution in [0.4, 0.5) is 18.0 Å². The van der Waals surface area contributed by atoms with Crippen LogP contribution in [0.3, 0.4) is 0 Å². The molecule has 1 N–H and O–H groups in total. The first-order chi connectivity index (χ1) is 13.6. The summed E-state index contributed by atoms with van der Waals surface area (Å²) in [5, 5.41) is 0. The summed E-state index contributed by atoms with van der Waals surface area (Å²) in [4.78, 5) is 16.3. The van der Waals surface area contributed by atoms with E-state index in [1.165, 1.54) is 4.90 Å². The highest BCUT2D eigenvalue weighted by molar-refractivity contribution is 7.90. The molecular formula is C18H18F3N3O4S. The molecule has 156 valence electrons. The minimum atomic E-state index is -4.69. The topological polar surface area (TPSA) is 88.6 Å². The van der Waals surface area contributed by atoms with E-state index in [0.717, 1.165) is 11.6 Å². The fraction of sp³-hybridized carbons (Fsp3) is 0.333. The summed E-state index contributed by atoms with van der Waals surface area (Å²) in [6, 6.07) is 7.83. The van der Waals surface area contributed by atoms with Crippen LogP contribution in [0.2, 0.25) is 0 Å². The van der Waals surface area contributed by atoms with Crippen LogP contribution in [0.15, 0.2) is 47.5 Å². The number of hydrogen-bond donors (Lipinski definition) is 1. The molecule has 1 saturated heterocycles. The van der Waals surface area contributed by atoms with Gasteiger partial charge in [-0.3, -0.25) is 4.98 Å². The number of pyridine rings is 1. The number of rotatable bonds is 4. The number of benzene rings is 1. The van der Waals surface area contributed by atoms with Crippen LogP contribution in [0.25, 0.3) is 0 Å². The van der Waals surface area contributed by atoms with Gasteiger partial charge in [-0.15, -0.1) is 0 Å². The highest BCUT2D eigenvalue weighted by Crippen LogP contribution is 2.33. The molecule has 7 nitrogen and oxygen atoms in total. The number of alkyl halides is 3. The Balaban J connectivity index is 1.68. The van der Waals surface area contributed by atoms with Crippen LogP contribution >= 0.6 is 0 Å². The summed E-state index contributed by atoms with van der Waals surface area (Å²) < 4.78 is 69.5. The van der Waals surface area contributed by atoms with Gasteiger partial charge >= 0.3 is 12.2 Å². The number of sulfonamides is 1. The second-order valence-corrected chi connectivity index (χ2v) is 8.14. The number of ether oxygens (including phenoxy) is 1. The van der Waals surface area contributed by atoms with Gasteiger partial charge in [-0.05, 0) is 30.2 Å². The Labute approximate surface area is 165 Å². The Morgan fingerprint density at radius 3 is 2.59 bits per heavy atom. The summed E-state index contributed by atoms with van der Waals surface area (Å²) in [5.41, 5.74) is -0.304. The molecule has 0 radical (unpaired) electrons. The van der Waals surface area contributed by atoms with Gasteiger partial charge in [-0.2, -0.15) is 13.2 Å². The van der Waals surface area contributed by atoms with Crippen LogP contribution in [0, 0.1) is 0 Å². The number of carbonyl (C=O) groups is 1. The summed E-state index contributed by atoms with van der Waals surface area (Å²) in [7, 11) is -2.81. The van der Waals surface area contributed by atoms with Gasteiger partial charge in [-0.25, -0.2) is 17.9 Å². The predicted octanol–water partition coefficient (Wildman–Crippen LogP) is 3.00. The van der Waals surface area contributed by atoms with Crippen molar-refractivity contribution in [1.82, 2.24) is 14.6 Å². The molecule has 0 aliphatic carbocycles. The van der Waals surface area contributed by atoms with Gasteiger partial charge in [0.05, 0.1) is 7.11 Å². The SMILES string of the molecule is COc1ccccc1C1CCN(C(=O)NS(=O)(=O)c2ccc(C(F)(F)F)nc2)C1. The highest BCUT2D eigenvalue weighted by atomic mass is 32.2. The first-order valence-corrected chi connectivity index (χ1v) is 10.1. The number of carbonyl (C=O) groups excluding carboxylic acids is 1. The number of para-hydroxylation sites is 1. The van der Waals surface area contributed by atoms with Crippen LogP contribution < -0.4 is 9.46 Å². The van der Waals surface area contributed by atoms with Gasteiger partial charge in [-0.1, -0.05) is 18.2 Å². The zero-order chi connectivity index (χ0) is 21.2. The van der Waals surface area contributed by atoms with Gasteiger partial charge in [0.1, 0.15) is 16.3 Å². The molecule has 3 rings (SSSR count). The molecular weight excluding hydrogens is 411 g/mol. The molecule has 0 bridgehead atoms. The number of nitrogens with zero attached hydrogens (tertiary/aromatic N) is 2. The minimum Gasteiger partial charge on any atom is -0.496 e.